The first-order valence-electron chi connectivity index (χ1n) is 7.44. The predicted molar refractivity (Wildman–Crippen MR) is 100.0 cm³/mol. The summed E-state index contributed by atoms with van der Waals surface area (Å²) in [6.45, 7) is 0. The number of fused-ring (bicyclic) bond motifs is 2. The van der Waals surface area contributed by atoms with E-state index in [2.05, 4.69) is 46.3 Å². The lowest BCUT2D eigenvalue weighted by molar-refractivity contribution is 0.112. The van der Waals surface area contributed by atoms with Gasteiger partial charge in [0.15, 0.2) is 6.29 Å². The molecule has 2 heteroatoms. The van der Waals surface area contributed by atoms with Gasteiger partial charge in [0.05, 0.1) is 0 Å². The SMILES string of the molecule is O=Cc1ccc2ccccc2c1-c1c(Br)ccc2ccccc12. The minimum absolute atomic E-state index is 0.709. The number of hydrogen-bond acceptors (Lipinski definition) is 1. The smallest absolute Gasteiger partial charge is 0.150 e. The van der Waals surface area contributed by atoms with Crippen LogP contribution in [0.2, 0.25) is 0 Å². The van der Waals surface area contributed by atoms with Crippen LogP contribution < -0.4 is 0 Å². The average Bonchev–Trinajstić information content (AvgIpc) is 2.61. The Morgan fingerprint density at radius 1 is 0.652 bits per heavy atom. The van der Waals surface area contributed by atoms with Crippen molar-refractivity contribution in [2.75, 3.05) is 0 Å². The Balaban J connectivity index is 2.23. The first kappa shape index (κ1) is 14.2. The minimum Gasteiger partial charge on any atom is -0.298 e. The van der Waals surface area contributed by atoms with Crippen LogP contribution in [0.5, 0.6) is 0 Å². The van der Waals surface area contributed by atoms with E-state index in [1.807, 2.05) is 42.5 Å². The van der Waals surface area contributed by atoms with Crippen molar-refractivity contribution in [3.05, 3.63) is 82.8 Å². The van der Waals surface area contributed by atoms with Gasteiger partial charge in [-0.2, -0.15) is 0 Å². The maximum absolute atomic E-state index is 11.7. The third kappa shape index (κ3) is 2.27. The van der Waals surface area contributed by atoms with Crippen LogP contribution in [0.15, 0.2) is 77.3 Å². The van der Waals surface area contributed by atoms with Crippen LogP contribution in [0, 0.1) is 0 Å². The van der Waals surface area contributed by atoms with Gasteiger partial charge in [0.2, 0.25) is 0 Å². The quantitative estimate of drug-likeness (QED) is 0.387. The Labute approximate surface area is 142 Å². The first-order valence-corrected chi connectivity index (χ1v) is 8.23. The summed E-state index contributed by atoms with van der Waals surface area (Å²) in [6.07, 6.45) is 0.940. The van der Waals surface area contributed by atoms with E-state index in [0.717, 1.165) is 43.4 Å². The van der Waals surface area contributed by atoms with Crippen LogP contribution >= 0.6 is 15.9 Å². The molecule has 23 heavy (non-hydrogen) atoms. The van der Waals surface area contributed by atoms with Gasteiger partial charge >= 0.3 is 0 Å². The molecule has 4 rings (SSSR count). The Hall–Kier alpha value is -2.45. The molecule has 0 saturated carbocycles. The summed E-state index contributed by atoms with van der Waals surface area (Å²) in [5.41, 5.74) is 2.77. The van der Waals surface area contributed by atoms with E-state index in [4.69, 9.17) is 0 Å². The van der Waals surface area contributed by atoms with Gasteiger partial charge in [-0.05, 0) is 27.6 Å². The molecule has 0 aromatic heterocycles. The zero-order chi connectivity index (χ0) is 15.8. The topological polar surface area (TPSA) is 17.1 Å². The summed E-state index contributed by atoms with van der Waals surface area (Å²) in [5, 5.41) is 4.53. The van der Waals surface area contributed by atoms with Crippen LogP contribution in [0.1, 0.15) is 10.4 Å². The van der Waals surface area contributed by atoms with Crippen molar-refractivity contribution in [2.45, 2.75) is 0 Å². The van der Waals surface area contributed by atoms with Crippen LogP contribution in [0.3, 0.4) is 0 Å². The molecule has 0 fully saturated rings. The standard InChI is InChI=1S/C21H13BrO/c22-19-12-11-15-6-2-4-8-18(15)21(19)20-16(13-23)10-9-14-5-1-3-7-17(14)20/h1-13H. The molecule has 0 heterocycles. The van der Waals surface area contributed by atoms with E-state index in [1.54, 1.807) is 0 Å². The first-order chi connectivity index (χ1) is 11.3. The fraction of sp³-hybridized carbons (Fsp3) is 0. The molecule has 0 aliphatic carbocycles. The Bertz CT molecular complexity index is 1050. The van der Waals surface area contributed by atoms with Gasteiger partial charge in [-0.15, -0.1) is 0 Å². The number of halogens is 1. The van der Waals surface area contributed by atoms with Crippen LogP contribution in [0.25, 0.3) is 32.7 Å². The second-order valence-electron chi connectivity index (χ2n) is 5.51. The van der Waals surface area contributed by atoms with E-state index in [1.165, 1.54) is 0 Å². The zero-order valence-electron chi connectivity index (χ0n) is 12.3. The van der Waals surface area contributed by atoms with Crippen molar-refractivity contribution < 1.29 is 4.79 Å². The normalized spacial score (nSPS) is 11.0. The number of carbonyl (C=O) groups is 1. The molecule has 0 radical (unpaired) electrons. The molecule has 4 aromatic rings. The van der Waals surface area contributed by atoms with Crippen molar-refractivity contribution >= 4 is 43.8 Å². The molecule has 0 aliphatic rings. The van der Waals surface area contributed by atoms with Crippen LogP contribution in [-0.4, -0.2) is 6.29 Å². The molecule has 0 unspecified atom stereocenters. The van der Waals surface area contributed by atoms with E-state index in [9.17, 15) is 4.79 Å². The molecule has 0 aliphatic heterocycles. The zero-order valence-corrected chi connectivity index (χ0v) is 13.9. The lowest BCUT2D eigenvalue weighted by Gasteiger charge is -2.14. The summed E-state index contributed by atoms with van der Waals surface area (Å²) in [4.78, 5) is 11.7. The molecular formula is C21H13BrO. The van der Waals surface area contributed by atoms with Gasteiger partial charge in [-0.1, -0.05) is 82.7 Å². The third-order valence-electron chi connectivity index (χ3n) is 4.22. The largest absolute Gasteiger partial charge is 0.298 e. The van der Waals surface area contributed by atoms with Gasteiger partial charge in [0.25, 0.3) is 0 Å². The summed E-state index contributed by atoms with van der Waals surface area (Å²) < 4.78 is 0.996. The van der Waals surface area contributed by atoms with E-state index < -0.39 is 0 Å². The Kier molecular flexibility index (Phi) is 3.47. The maximum atomic E-state index is 11.7. The van der Waals surface area contributed by atoms with Gasteiger partial charge in [-0.25, -0.2) is 0 Å². The van der Waals surface area contributed by atoms with Crippen molar-refractivity contribution in [1.82, 2.24) is 0 Å². The minimum atomic E-state index is 0.709. The molecule has 0 saturated heterocycles. The van der Waals surface area contributed by atoms with Crippen molar-refractivity contribution in [1.29, 1.82) is 0 Å². The number of rotatable bonds is 2. The lowest BCUT2D eigenvalue weighted by atomic mass is 9.90. The highest BCUT2D eigenvalue weighted by Crippen LogP contribution is 2.40. The van der Waals surface area contributed by atoms with Crippen molar-refractivity contribution in [3.8, 4) is 11.1 Å². The highest BCUT2D eigenvalue weighted by atomic mass is 79.9. The van der Waals surface area contributed by atoms with Crippen LogP contribution in [-0.2, 0) is 0 Å². The number of benzene rings is 4. The van der Waals surface area contributed by atoms with Gasteiger partial charge in [-0.3, -0.25) is 4.79 Å². The summed E-state index contributed by atoms with van der Waals surface area (Å²) in [5.74, 6) is 0. The van der Waals surface area contributed by atoms with Crippen molar-refractivity contribution in [2.24, 2.45) is 0 Å². The van der Waals surface area contributed by atoms with E-state index in [0.29, 0.717) is 5.56 Å². The molecule has 0 atom stereocenters. The second-order valence-corrected chi connectivity index (χ2v) is 6.37. The number of hydrogen-bond donors (Lipinski definition) is 0. The molecule has 0 bridgehead atoms. The predicted octanol–water partition coefficient (Wildman–Crippen LogP) is 6.24. The Morgan fingerprint density at radius 2 is 1.22 bits per heavy atom. The molecule has 0 amide bonds. The molecule has 4 aromatic carbocycles. The Morgan fingerprint density at radius 3 is 1.87 bits per heavy atom. The third-order valence-corrected chi connectivity index (χ3v) is 4.88. The fourth-order valence-corrected chi connectivity index (χ4v) is 3.71. The highest BCUT2D eigenvalue weighted by Gasteiger charge is 2.15. The van der Waals surface area contributed by atoms with E-state index >= 15 is 0 Å². The number of aldehydes is 1. The van der Waals surface area contributed by atoms with E-state index in [-0.39, 0.29) is 0 Å². The van der Waals surface area contributed by atoms with Gasteiger partial charge in [0.1, 0.15) is 0 Å². The number of carbonyl (C=O) groups excluding carboxylic acids is 1. The molecule has 0 spiro atoms. The molecular weight excluding hydrogens is 348 g/mol. The average molecular weight is 361 g/mol. The summed E-state index contributed by atoms with van der Waals surface area (Å²) in [6, 6.07) is 24.5. The monoisotopic (exact) mass is 360 g/mol. The van der Waals surface area contributed by atoms with Gasteiger partial charge in [0, 0.05) is 21.2 Å². The fourth-order valence-electron chi connectivity index (χ4n) is 3.16. The second kappa shape index (κ2) is 5.64. The highest BCUT2D eigenvalue weighted by molar-refractivity contribution is 9.10. The molecule has 1 nitrogen and oxygen atoms in total. The van der Waals surface area contributed by atoms with Crippen LogP contribution in [0.4, 0.5) is 0 Å². The summed E-state index contributed by atoms with van der Waals surface area (Å²) in [7, 11) is 0. The molecule has 0 N–H and O–H groups in total. The summed E-state index contributed by atoms with van der Waals surface area (Å²) >= 11 is 3.69. The van der Waals surface area contributed by atoms with Gasteiger partial charge < -0.3 is 0 Å². The maximum Gasteiger partial charge on any atom is 0.150 e. The lowest BCUT2D eigenvalue weighted by Crippen LogP contribution is -1.92. The molecule has 110 valence electrons. The van der Waals surface area contributed by atoms with Crippen molar-refractivity contribution in [3.63, 3.8) is 0 Å².